The SMILES string of the molecule is C[C@H]1[C@@H](CC(C[C@H]2O[C@@H]3O[C@@]4(C)CC[C@H]5[C@H](C)CC[C@@H]([C@H]2C)[C@@]35OO4)c2nnc(-c3ccc(F)cc3)o2)O[C@@H]2O[C@@]3(C)CC[C@H]4[C@H](C)CC[C@@H]1[C@@]24OO3. The minimum Gasteiger partial charge on any atom is -0.420 e. The molecule has 4 bridgehead atoms. The van der Waals surface area contributed by atoms with Crippen LogP contribution in [0.25, 0.3) is 11.5 Å². The molecule has 9 heterocycles. The van der Waals surface area contributed by atoms with E-state index in [2.05, 4.69) is 37.9 Å². The van der Waals surface area contributed by atoms with Crippen LogP contribution in [0.1, 0.15) is 118 Å². The van der Waals surface area contributed by atoms with Crippen molar-refractivity contribution in [3.05, 3.63) is 36.0 Å². The van der Waals surface area contributed by atoms with E-state index in [9.17, 15) is 4.39 Å². The largest absolute Gasteiger partial charge is 0.420 e. The summed E-state index contributed by atoms with van der Waals surface area (Å²) in [5.41, 5.74) is -0.612. The van der Waals surface area contributed by atoms with Crippen LogP contribution in [-0.4, -0.2) is 57.8 Å². The molecule has 53 heavy (non-hydrogen) atoms. The molecular formula is C41H55FN2O9. The maximum atomic E-state index is 13.8. The first-order valence-electron chi connectivity index (χ1n) is 20.4. The van der Waals surface area contributed by atoms with E-state index in [0.717, 1.165) is 51.4 Å². The molecule has 2 aromatic rings. The van der Waals surface area contributed by atoms with Crippen molar-refractivity contribution in [3.63, 3.8) is 0 Å². The van der Waals surface area contributed by atoms with Gasteiger partial charge < -0.3 is 23.4 Å². The van der Waals surface area contributed by atoms with Crippen LogP contribution in [0.15, 0.2) is 28.7 Å². The van der Waals surface area contributed by atoms with Gasteiger partial charge in [-0.1, -0.05) is 27.7 Å². The lowest BCUT2D eigenvalue weighted by Crippen LogP contribution is -2.70. The fraction of sp³-hybridized carbons (Fsp3) is 0.805. The first kappa shape index (κ1) is 35.4. The highest BCUT2D eigenvalue weighted by Gasteiger charge is 2.71. The minimum absolute atomic E-state index is 0.151. The Labute approximate surface area is 311 Å². The van der Waals surface area contributed by atoms with Crippen LogP contribution in [0.3, 0.4) is 0 Å². The number of ether oxygens (including phenoxy) is 4. The van der Waals surface area contributed by atoms with E-state index in [-0.39, 0.29) is 59.5 Å². The molecule has 8 aliphatic heterocycles. The van der Waals surface area contributed by atoms with Gasteiger partial charge in [0.2, 0.25) is 23.4 Å². The fourth-order valence-electron chi connectivity index (χ4n) is 12.5. The fourth-order valence-corrected chi connectivity index (χ4v) is 12.5. The average Bonchev–Trinajstić information content (AvgIpc) is 3.37. The maximum absolute atomic E-state index is 13.8. The lowest BCUT2D eigenvalue weighted by molar-refractivity contribution is -0.571. The van der Waals surface area contributed by atoms with Crippen LogP contribution >= 0.6 is 0 Å². The Hall–Kier alpha value is -2.03. The molecule has 1 aromatic carbocycles. The number of fused-ring (bicyclic) bond motifs is 4. The van der Waals surface area contributed by atoms with Gasteiger partial charge in [0, 0.05) is 36.2 Å². The molecule has 11 nitrogen and oxygen atoms in total. The Morgan fingerprint density at radius 2 is 1.17 bits per heavy atom. The molecule has 16 atom stereocenters. The van der Waals surface area contributed by atoms with Crippen molar-refractivity contribution in [2.75, 3.05) is 0 Å². The van der Waals surface area contributed by atoms with Crippen molar-refractivity contribution in [1.82, 2.24) is 10.2 Å². The molecule has 10 fully saturated rings. The quantitative estimate of drug-likeness (QED) is 0.267. The van der Waals surface area contributed by atoms with Crippen LogP contribution in [0.5, 0.6) is 0 Å². The monoisotopic (exact) mass is 738 g/mol. The van der Waals surface area contributed by atoms with E-state index < -0.39 is 35.4 Å². The number of halogens is 1. The predicted octanol–water partition coefficient (Wildman–Crippen LogP) is 8.24. The van der Waals surface area contributed by atoms with E-state index in [4.69, 9.17) is 42.9 Å². The average molecular weight is 739 g/mol. The van der Waals surface area contributed by atoms with Gasteiger partial charge in [-0.25, -0.2) is 23.9 Å². The topological polar surface area (TPSA) is 113 Å². The molecular weight excluding hydrogens is 683 g/mol. The molecule has 12 rings (SSSR count). The number of aromatic nitrogens is 2. The highest BCUT2D eigenvalue weighted by atomic mass is 19.1. The Balaban J connectivity index is 0.985. The standard InChI is InChI=1S/C41H55FN2O9/c1-21-7-13-30-23(3)32(45-36-40(30)28(21)15-17-38(5,48-36)50-52-40)19-26(35-44-43-34(47-35)25-9-11-27(42)12-10-25)20-33-24(4)31-14-8-22(2)29-16-18-39(6)49-37(46-33)41(29,31)53-51-39/h9-12,21-24,26,28-33,36-37H,7-8,13-20H2,1-6H3/t21-,22-,23-,24-,28+,29+,30+,31+,32-,33-,36-,37-,38-,39-,40-,41-/m1/s1. The number of nitrogens with zero attached hydrogens (tertiary/aromatic N) is 2. The summed E-state index contributed by atoms with van der Waals surface area (Å²) in [5.74, 6) is 0.905. The summed E-state index contributed by atoms with van der Waals surface area (Å²) >= 11 is 0. The van der Waals surface area contributed by atoms with E-state index in [0.29, 0.717) is 42.0 Å². The second-order valence-corrected chi connectivity index (χ2v) is 18.5. The third-order valence-electron chi connectivity index (χ3n) is 15.5. The van der Waals surface area contributed by atoms with Crippen LogP contribution in [0, 0.1) is 53.2 Å². The summed E-state index contributed by atoms with van der Waals surface area (Å²) in [6.45, 7) is 13.2. The lowest BCUT2D eigenvalue weighted by atomic mass is 9.56. The summed E-state index contributed by atoms with van der Waals surface area (Å²) in [5, 5.41) is 9.13. The van der Waals surface area contributed by atoms with Gasteiger partial charge in [-0.2, -0.15) is 0 Å². The second-order valence-electron chi connectivity index (χ2n) is 18.5. The zero-order valence-corrected chi connectivity index (χ0v) is 31.8. The summed E-state index contributed by atoms with van der Waals surface area (Å²) in [4.78, 5) is 25.1. The predicted molar refractivity (Wildman–Crippen MR) is 185 cm³/mol. The van der Waals surface area contributed by atoms with E-state index >= 15 is 0 Å². The van der Waals surface area contributed by atoms with Crippen molar-refractivity contribution >= 4 is 0 Å². The van der Waals surface area contributed by atoms with Gasteiger partial charge >= 0.3 is 0 Å². The van der Waals surface area contributed by atoms with E-state index in [1.807, 2.05) is 13.8 Å². The van der Waals surface area contributed by atoms with Gasteiger partial charge in [0.05, 0.1) is 12.2 Å². The first-order valence-corrected chi connectivity index (χ1v) is 20.4. The highest BCUT2D eigenvalue weighted by Crippen LogP contribution is 2.63. The molecule has 0 N–H and O–H groups in total. The van der Waals surface area contributed by atoms with Gasteiger partial charge in [-0.05, 0) is 125 Å². The normalized spacial score (nSPS) is 50.5. The zero-order valence-electron chi connectivity index (χ0n) is 31.8. The van der Waals surface area contributed by atoms with Gasteiger partial charge in [0.1, 0.15) is 5.82 Å². The van der Waals surface area contributed by atoms with Crippen molar-refractivity contribution in [3.8, 4) is 11.5 Å². The molecule has 0 radical (unpaired) electrons. The van der Waals surface area contributed by atoms with E-state index in [1.54, 1.807) is 12.1 Å². The Morgan fingerprint density at radius 1 is 0.660 bits per heavy atom. The Kier molecular flexibility index (Phi) is 8.34. The van der Waals surface area contributed by atoms with Gasteiger partial charge in [0.15, 0.2) is 23.8 Å². The molecule has 1 aromatic heterocycles. The van der Waals surface area contributed by atoms with Gasteiger partial charge in [0.25, 0.3) is 0 Å². The Bertz CT molecular complexity index is 1620. The highest BCUT2D eigenvalue weighted by molar-refractivity contribution is 5.52. The smallest absolute Gasteiger partial charge is 0.247 e. The van der Waals surface area contributed by atoms with E-state index in [1.165, 1.54) is 12.1 Å². The Morgan fingerprint density at radius 3 is 1.68 bits per heavy atom. The van der Waals surface area contributed by atoms with Crippen LogP contribution in [-0.2, 0) is 38.5 Å². The summed E-state index contributed by atoms with van der Waals surface area (Å²) in [6, 6.07) is 6.16. The second kappa shape index (κ2) is 12.5. The van der Waals surface area contributed by atoms with Crippen molar-refractivity contribution in [2.24, 2.45) is 47.3 Å². The van der Waals surface area contributed by atoms with Crippen LogP contribution < -0.4 is 0 Å². The first-order chi connectivity index (χ1) is 25.4. The number of benzene rings is 1. The lowest BCUT2D eigenvalue weighted by Gasteiger charge is -2.61. The van der Waals surface area contributed by atoms with Crippen molar-refractivity contribution in [1.29, 1.82) is 0 Å². The third-order valence-corrected chi connectivity index (χ3v) is 15.5. The number of rotatable bonds is 6. The molecule has 2 saturated carbocycles. The van der Waals surface area contributed by atoms with Gasteiger partial charge in [-0.15, -0.1) is 10.2 Å². The summed E-state index contributed by atoms with van der Waals surface area (Å²) < 4.78 is 48.0. The molecule has 0 amide bonds. The minimum atomic E-state index is -0.851. The molecule has 2 spiro atoms. The summed E-state index contributed by atoms with van der Waals surface area (Å²) in [6.07, 6.45) is 7.63. The molecule has 0 unspecified atom stereocenters. The van der Waals surface area contributed by atoms with Crippen molar-refractivity contribution < 1.29 is 47.3 Å². The maximum Gasteiger partial charge on any atom is 0.247 e. The zero-order chi connectivity index (χ0) is 36.5. The molecule has 8 saturated heterocycles. The van der Waals surface area contributed by atoms with Crippen molar-refractivity contribution in [2.45, 2.75) is 159 Å². The molecule has 12 heteroatoms. The van der Waals surface area contributed by atoms with Crippen LogP contribution in [0.4, 0.5) is 4.39 Å². The molecule has 2 aliphatic carbocycles. The van der Waals surface area contributed by atoms with Crippen LogP contribution in [0.2, 0.25) is 0 Å². The van der Waals surface area contributed by atoms with Gasteiger partial charge in [-0.3, -0.25) is 0 Å². The third kappa shape index (κ3) is 5.32. The molecule has 290 valence electrons. The number of hydrogen-bond acceptors (Lipinski definition) is 11. The number of hydrogen-bond donors (Lipinski definition) is 0. The summed E-state index contributed by atoms with van der Waals surface area (Å²) in [7, 11) is 0. The molecule has 10 aliphatic rings.